The molecule has 0 aromatic carbocycles. The van der Waals surface area contributed by atoms with Crippen LogP contribution in [0.25, 0.3) is 0 Å². The molecule has 0 amide bonds. The van der Waals surface area contributed by atoms with E-state index >= 15 is 0 Å². The van der Waals surface area contributed by atoms with Crippen LogP contribution in [0.4, 0.5) is 5.95 Å². The third kappa shape index (κ3) is 2.41. The Morgan fingerprint density at radius 2 is 1.76 bits per heavy atom. The van der Waals surface area contributed by atoms with Gasteiger partial charge in [-0.15, -0.1) is 0 Å². The maximum absolute atomic E-state index is 4.50. The predicted octanol–water partition coefficient (Wildman–Crippen LogP) is 3.24. The van der Waals surface area contributed by atoms with E-state index in [1.807, 2.05) is 12.4 Å². The van der Waals surface area contributed by atoms with E-state index in [4.69, 9.17) is 0 Å². The summed E-state index contributed by atoms with van der Waals surface area (Å²) in [6.07, 6.45) is 12.1. The number of piperidine rings is 1. The molecule has 1 saturated carbocycles. The Balaban J connectivity index is 1.83. The molecular weight excluding hydrogens is 325 g/mol. The highest BCUT2D eigenvalue weighted by Gasteiger charge is 2.34. The molecule has 3 rings (SSSR count). The normalized spacial score (nSPS) is 28.9. The van der Waals surface area contributed by atoms with E-state index in [9.17, 15) is 0 Å². The quantitative estimate of drug-likeness (QED) is 0.733. The zero-order chi connectivity index (χ0) is 11.7. The van der Waals surface area contributed by atoms with Gasteiger partial charge in [0, 0.05) is 28.6 Å². The number of anilines is 1. The van der Waals surface area contributed by atoms with E-state index < -0.39 is 0 Å². The van der Waals surface area contributed by atoms with Crippen molar-refractivity contribution in [2.75, 3.05) is 11.4 Å². The molecule has 2 unspecified atom stereocenters. The number of rotatable bonds is 1. The first-order chi connectivity index (χ1) is 8.34. The fraction of sp³-hybridized carbons (Fsp3) is 0.692. The summed E-state index contributed by atoms with van der Waals surface area (Å²) < 4.78 is 1.11. The van der Waals surface area contributed by atoms with E-state index in [2.05, 4.69) is 37.5 Å². The molecule has 1 saturated heterocycles. The number of aromatic nitrogens is 2. The summed E-state index contributed by atoms with van der Waals surface area (Å²) in [7, 11) is 0. The van der Waals surface area contributed by atoms with Crippen LogP contribution in [0.15, 0.2) is 12.4 Å². The highest BCUT2D eigenvalue weighted by atomic mass is 127. The minimum atomic E-state index is 0.706. The molecule has 0 N–H and O–H groups in total. The average Bonchev–Trinajstić information content (AvgIpc) is 2.39. The smallest absolute Gasteiger partial charge is 0.225 e. The first kappa shape index (κ1) is 11.7. The van der Waals surface area contributed by atoms with Gasteiger partial charge in [0.05, 0.1) is 0 Å². The van der Waals surface area contributed by atoms with Crippen molar-refractivity contribution in [3.63, 3.8) is 0 Å². The molecule has 1 aromatic rings. The molecule has 1 aliphatic carbocycles. The molecule has 2 heterocycles. The van der Waals surface area contributed by atoms with Crippen molar-refractivity contribution >= 4 is 28.5 Å². The summed E-state index contributed by atoms with van der Waals surface area (Å²) in [4.78, 5) is 11.5. The van der Waals surface area contributed by atoms with Gasteiger partial charge in [0.2, 0.25) is 5.95 Å². The first-order valence-electron chi connectivity index (χ1n) is 6.59. The van der Waals surface area contributed by atoms with Crippen molar-refractivity contribution in [3.8, 4) is 0 Å². The van der Waals surface area contributed by atoms with E-state index in [-0.39, 0.29) is 0 Å². The fourth-order valence-electron chi connectivity index (χ4n) is 3.33. The molecule has 2 fully saturated rings. The van der Waals surface area contributed by atoms with Crippen LogP contribution in [-0.4, -0.2) is 22.6 Å². The summed E-state index contributed by atoms with van der Waals surface area (Å²) in [6.45, 7) is 1.14. The number of halogens is 1. The van der Waals surface area contributed by atoms with Gasteiger partial charge in [-0.25, -0.2) is 9.97 Å². The average molecular weight is 343 g/mol. The number of hydrogen-bond donors (Lipinski definition) is 0. The summed E-state index contributed by atoms with van der Waals surface area (Å²) in [5.74, 6) is 1.84. The standard InChI is InChI=1S/C13H18IN3/c14-11-8-15-13(16-9-11)17-7-3-5-10-4-1-2-6-12(10)17/h8-10,12H,1-7H2. The van der Waals surface area contributed by atoms with Gasteiger partial charge in [-0.1, -0.05) is 12.8 Å². The van der Waals surface area contributed by atoms with Gasteiger partial charge >= 0.3 is 0 Å². The molecule has 17 heavy (non-hydrogen) atoms. The molecule has 4 heteroatoms. The van der Waals surface area contributed by atoms with Gasteiger partial charge < -0.3 is 4.90 Å². The fourth-order valence-corrected chi connectivity index (χ4v) is 3.61. The van der Waals surface area contributed by atoms with Crippen LogP contribution in [0.5, 0.6) is 0 Å². The third-order valence-corrected chi connectivity index (χ3v) is 4.66. The number of hydrogen-bond acceptors (Lipinski definition) is 3. The molecule has 3 nitrogen and oxygen atoms in total. The second-order valence-corrected chi connectivity index (χ2v) is 6.39. The van der Waals surface area contributed by atoms with Crippen molar-refractivity contribution in [2.45, 2.75) is 44.6 Å². The number of nitrogens with zero attached hydrogens (tertiary/aromatic N) is 3. The van der Waals surface area contributed by atoms with Crippen LogP contribution in [0.3, 0.4) is 0 Å². The summed E-state index contributed by atoms with van der Waals surface area (Å²) in [6, 6.07) is 0.706. The third-order valence-electron chi connectivity index (χ3n) is 4.11. The van der Waals surface area contributed by atoms with Crippen LogP contribution in [0, 0.1) is 9.49 Å². The maximum atomic E-state index is 4.50. The minimum Gasteiger partial charge on any atom is -0.338 e. The number of fused-ring (bicyclic) bond motifs is 1. The molecular formula is C13H18IN3. The van der Waals surface area contributed by atoms with Gasteiger partial charge in [-0.2, -0.15) is 0 Å². The van der Waals surface area contributed by atoms with Crippen LogP contribution in [0.1, 0.15) is 38.5 Å². The van der Waals surface area contributed by atoms with Crippen molar-refractivity contribution in [1.82, 2.24) is 9.97 Å². The Labute approximate surface area is 116 Å². The Kier molecular flexibility index (Phi) is 3.49. The zero-order valence-electron chi connectivity index (χ0n) is 9.98. The van der Waals surface area contributed by atoms with Gasteiger partial charge in [-0.3, -0.25) is 0 Å². The van der Waals surface area contributed by atoms with E-state index in [0.29, 0.717) is 6.04 Å². The van der Waals surface area contributed by atoms with Gasteiger partial charge in [0.15, 0.2) is 0 Å². The molecule has 2 atom stereocenters. The van der Waals surface area contributed by atoms with Crippen LogP contribution in [-0.2, 0) is 0 Å². The summed E-state index contributed by atoms with van der Waals surface area (Å²) in [5, 5.41) is 0. The monoisotopic (exact) mass is 343 g/mol. The molecule has 1 aliphatic heterocycles. The Bertz CT molecular complexity index is 377. The molecule has 1 aromatic heterocycles. The Hall–Kier alpha value is -0.390. The van der Waals surface area contributed by atoms with Crippen molar-refractivity contribution < 1.29 is 0 Å². The van der Waals surface area contributed by atoms with Crippen molar-refractivity contribution in [3.05, 3.63) is 16.0 Å². The summed E-state index contributed by atoms with van der Waals surface area (Å²) in [5.41, 5.74) is 0. The van der Waals surface area contributed by atoms with E-state index in [1.54, 1.807) is 0 Å². The van der Waals surface area contributed by atoms with E-state index in [0.717, 1.165) is 22.0 Å². The SMILES string of the molecule is Ic1cnc(N2CCCC3CCCCC32)nc1. The summed E-state index contributed by atoms with van der Waals surface area (Å²) >= 11 is 2.26. The van der Waals surface area contributed by atoms with Gasteiger partial charge in [-0.05, 0) is 54.2 Å². The van der Waals surface area contributed by atoms with Crippen molar-refractivity contribution in [1.29, 1.82) is 0 Å². The molecule has 0 spiro atoms. The topological polar surface area (TPSA) is 29.0 Å². The molecule has 2 aliphatic rings. The lowest BCUT2D eigenvalue weighted by molar-refractivity contribution is 0.241. The van der Waals surface area contributed by atoms with E-state index in [1.165, 1.54) is 38.5 Å². The van der Waals surface area contributed by atoms with Crippen LogP contribution in [0.2, 0.25) is 0 Å². The molecule has 0 radical (unpaired) electrons. The lowest BCUT2D eigenvalue weighted by Gasteiger charge is -2.44. The minimum absolute atomic E-state index is 0.706. The zero-order valence-corrected chi connectivity index (χ0v) is 12.1. The maximum Gasteiger partial charge on any atom is 0.225 e. The Morgan fingerprint density at radius 3 is 2.59 bits per heavy atom. The second kappa shape index (κ2) is 5.08. The van der Waals surface area contributed by atoms with Crippen molar-refractivity contribution in [2.24, 2.45) is 5.92 Å². The largest absolute Gasteiger partial charge is 0.338 e. The Morgan fingerprint density at radius 1 is 1.06 bits per heavy atom. The van der Waals surface area contributed by atoms with Gasteiger partial charge in [0.1, 0.15) is 0 Å². The van der Waals surface area contributed by atoms with Crippen LogP contribution >= 0.6 is 22.6 Å². The molecule has 92 valence electrons. The highest BCUT2D eigenvalue weighted by molar-refractivity contribution is 14.1. The lowest BCUT2D eigenvalue weighted by atomic mass is 9.78. The van der Waals surface area contributed by atoms with Crippen LogP contribution < -0.4 is 4.90 Å². The van der Waals surface area contributed by atoms with Gasteiger partial charge in [0.25, 0.3) is 0 Å². The molecule has 0 bridgehead atoms. The lowest BCUT2D eigenvalue weighted by Crippen LogP contribution is -2.47. The predicted molar refractivity (Wildman–Crippen MR) is 77.1 cm³/mol. The second-order valence-electron chi connectivity index (χ2n) is 5.15. The first-order valence-corrected chi connectivity index (χ1v) is 7.66. The highest BCUT2D eigenvalue weighted by Crippen LogP contribution is 2.36.